The van der Waals surface area contributed by atoms with Crippen molar-refractivity contribution in [3.05, 3.63) is 83.4 Å². The van der Waals surface area contributed by atoms with Crippen molar-refractivity contribution in [2.75, 3.05) is 5.32 Å². The van der Waals surface area contributed by atoms with Gasteiger partial charge >= 0.3 is 6.18 Å². The average Bonchev–Trinajstić information content (AvgIpc) is 3.14. The molecule has 4 aromatic rings. The van der Waals surface area contributed by atoms with Crippen LogP contribution in [0.1, 0.15) is 21.6 Å². The van der Waals surface area contributed by atoms with Gasteiger partial charge in [-0.3, -0.25) is 4.79 Å². The molecule has 0 spiro atoms. The zero-order valence-electron chi connectivity index (χ0n) is 15.5. The fraction of sp³-hybridized carbons (Fsp3) is 0.0952. The molecule has 0 aliphatic rings. The molecule has 0 fully saturated rings. The normalized spacial score (nSPS) is 11.6. The summed E-state index contributed by atoms with van der Waals surface area (Å²) < 4.78 is 55.2. The second-order valence-electron chi connectivity index (χ2n) is 6.60. The molecule has 2 aromatic carbocycles. The molecule has 4 rings (SSSR count). The number of aryl methyl sites for hydroxylation is 1. The molecule has 1 N–H and O–H groups in total. The summed E-state index contributed by atoms with van der Waals surface area (Å²) in [5, 5.41) is 6.18. The molecule has 152 valence electrons. The Bertz CT molecular complexity index is 1250. The van der Waals surface area contributed by atoms with Gasteiger partial charge in [-0.1, -0.05) is 36.4 Å². The number of anilines is 1. The Morgan fingerprint density at radius 2 is 1.80 bits per heavy atom. The van der Waals surface area contributed by atoms with Crippen molar-refractivity contribution in [3.63, 3.8) is 0 Å². The molecule has 0 aliphatic heterocycles. The Kier molecular flexibility index (Phi) is 4.73. The zero-order valence-corrected chi connectivity index (χ0v) is 15.5. The molecule has 0 saturated carbocycles. The van der Waals surface area contributed by atoms with Gasteiger partial charge in [-0.25, -0.2) is 13.9 Å². The number of hydrogen-bond donors (Lipinski definition) is 1. The molecular formula is C21H14F4N4O. The van der Waals surface area contributed by atoms with Crippen LogP contribution in [0.15, 0.2) is 60.8 Å². The van der Waals surface area contributed by atoms with Gasteiger partial charge in [0.2, 0.25) is 0 Å². The van der Waals surface area contributed by atoms with Crippen molar-refractivity contribution in [1.29, 1.82) is 0 Å². The minimum Gasteiger partial charge on any atom is -0.322 e. The van der Waals surface area contributed by atoms with E-state index in [1.165, 1.54) is 12.1 Å². The van der Waals surface area contributed by atoms with Crippen LogP contribution in [-0.2, 0) is 6.18 Å². The highest BCUT2D eigenvalue weighted by atomic mass is 19.4. The molecule has 1 amide bonds. The van der Waals surface area contributed by atoms with Crippen molar-refractivity contribution in [2.24, 2.45) is 0 Å². The smallest absolute Gasteiger partial charge is 0.322 e. The average molecular weight is 414 g/mol. The summed E-state index contributed by atoms with van der Waals surface area (Å²) in [7, 11) is 0. The van der Waals surface area contributed by atoms with E-state index in [1.54, 1.807) is 37.3 Å². The number of carbonyl (C=O) groups is 1. The van der Waals surface area contributed by atoms with Gasteiger partial charge in [-0.2, -0.15) is 18.3 Å². The van der Waals surface area contributed by atoms with Gasteiger partial charge in [0.15, 0.2) is 11.3 Å². The summed E-state index contributed by atoms with van der Waals surface area (Å²) in [4.78, 5) is 16.9. The Balaban J connectivity index is 1.82. The standard InChI is InChI=1S/C21H14F4N4O/c1-12-7-8-14(9-16(12)22)27-20(30)15-11-26-29-18(21(23,24)25)10-17(28-19(15)29)13-5-3-2-4-6-13/h2-11H,1H3,(H,27,30). The van der Waals surface area contributed by atoms with Crippen molar-refractivity contribution in [1.82, 2.24) is 14.6 Å². The van der Waals surface area contributed by atoms with Gasteiger partial charge in [0.05, 0.1) is 11.9 Å². The molecule has 30 heavy (non-hydrogen) atoms. The highest BCUT2D eigenvalue weighted by molar-refractivity contribution is 6.08. The lowest BCUT2D eigenvalue weighted by Gasteiger charge is -2.12. The molecule has 0 saturated heterocycles. The molecule has 5 nitrogen and oxygen atoms in total. The third-order valence-corrected chi connectivity index (χ3v) is 4.51. The quantitative estimate of drug-likeness (QED) is 0.474. The number of carbonyl (C=O) groups excluding carboxylic acids is 1. The second-order valence-corrected chi connectivity index (χ2v) is 6.60. The maximum absolute atomic E-state index is 13.7. The summed E-state index contributed by atoms with van der Waals surface area (Å²) in [5.74, 6) is -1.27. The first-order valence-corrected chi connectivity index (χ1v) is 8.83. The lowest BCUT2D eigenvalue weighted by Crippen LogP contribution is -2.16. The number of aromatic nitrogens is 3. The van der Waals surface area contributed by atoms with Gasteiger partial charge in [0, 0.05) is 11.3 Å². The Morgan fingerprint density at radius 1 is 1.07 bits per heavy atom. The minimum absolute atomic E-state index is 0.0476. The number of halogens is 4. The van der Waals surface area contributed by atoms with E-state index in [9.17, 15) is 22.4 Å². The lowest BCUT2D eigenvalue weighted by molar-refractivity contribution is -0.142. The van der Waals surface area contributed by atoms with E-state index in [0.717, 1.165) is 18.3 Å². The number of hydrogen-bond acceptors (Lipinski definition) is 3. The monoisotopic (exact) mass is 414 g/mol. The Labute approximate surface area is 168 Å². The summed E-state index contributed by atoms with van der Waals surface area (Å²) in [6.07, 6.45) is -3.71. The molecule has 9 heteroatoms. The topological polar surface area (TPSA) is 59.3 Å². The largest absolute Gasteiger partial charge is 0.433 e. The van der Waals surface area contributed by atoms with Crippen LogP contribution in [0.25, 0.3) is 16.9 Å². The van der Waals surface area contributed by atoms with Gasteiger partial charge in [0.25, 0.3) is 5.91 Å². The van der Waals surface area contributed by atoms with Crippen LogP contribution in [-0.4, -0.2) is 20.5 Å². The second kappa shape index (κ2) is 7.25. The SMILES string of the molecule is Cc1ccc(NC(=O)c2cnn3c(C(F)(F)F)cc(-c4ccccc4)nc23)cc1F. The van der Waals surface area contributed by atoms with E-state index in [0.29, 0.717) is 15.6 Å². The van der Waals surface area contributed by atoms with Crippen LogP contribution >= 0.6 is 0 Å². The maximum atomic E-state index is 13.7. The minimum atomic E-state index is -4.72. The third-order valence-electron chi connectivity index (χ3n) is 4.51. The summed E-state index contributed by atoms with van der Waals surface area (Å²) in [6.45, 7) is 1.57. The predicted octanol–water partition coefficient (Wildman–Crippen LogP) is 5.11. The number of rotatable bonds is 3. The fourth-order valence-electron chi connectivity index (χ4n) is 2.95. The van der Waals surface area contributed by atoms with E-state index in [-0.39, 0.29) is 22.6 Å². The number of fused-ring (bicyclic) bond motifs is 1. The third kappa shape index (κ3) is 3.61. The van der Waals surface area contributed by atoms with E-state index in [2.05, 4.69) is 15.4 Å². The van der Waals surface area contributed by atoms with Gasteiger partial charge in [-0.15, -0.1) is 0 Å². The highest BCUT2D eigenvalue weighted by Crippen LogP contribution is 2.32. The summed E-state index contributed by atoms with van der Waals surface area (Å²) in [6, 6.07) is 13.3. The first-order chi connectivity index (χ1) is 14.2. The lowest BCUT2D eigenvalue weighted by atomic mass is 10.1. The van der Waals surface area contributed by atoms with Crippen LogP contribution in [0.3, 0.4) is 0 Å². The van der Waals surface area contributed by atoms with E-state index < -0.39 is 23.6 Å². The molecule has 2 aromatic heterocycles. The van der Waals surface area contributed by atoms with Gasteiger partial charge in [0.1, 0.15) is 11.4 Å². The van der Waals surface area contributed by atoms with Crippen molar-refractivity contribution < 1.29 is 22.4 Å². The molecule has 2 heterocycles. The van der Waals surface area contributed by atoms with Crippen molar-refractivity contribution >= 4 is 17.2 Å². The number of alkyl halides is 3. The first kappa shape index (κ1) is 19.6. The Hall–Kier alpha value is -3.75. The van der Waals surface area contributed by atoms with Crippen LogP contribution in [0.5, 0.6) is 0 Å². The van der Waals surface area contributed by atoms with Crippen LogP contribution in [0.2, 0.25) is 0 Å². The fourth-order valence-corrected chi connectivity index (χ4v) is 2.95. The summed E-state index contributed by atoms with van der Waals surface area (Å²) in [5.41, 5.74) is -0.421. The van der Waals surface area contributed by atoms with E-state index >= 15 is 0 Å². The van der Waals surface area contributed by atoms with Crippen molar-refractivity contribution in [3.8, 4) is 11.3 Å². The van der Waals surface area contributed by atoms with Gasteiger partial charge in [-0.05, 0) is 30.7 Å². The molecule has 0 bridgehead atoms. The number of benzene rings is 2. The highest BCUT2D eigenvalue weighted by Gasteiger charge is 2.36. The maximum Gasteiger partial charge on any atom is 0.433 e. The number of nitrogens with zero attached hydrogens (tertiary/aromatic N) is 3. The Morgan fingerprint density at radius 3 is 2.47 bits per heavy atom. The molecule has 0 atom stereocenters. The van der Waals surface area contributed by atoms with Crippen LogP contribution < -0.4 is 5.32 Å². The molecule has 0 aliphatic carbocycles. The number of amides is 1. The molecule has 0 radical (unpaired) electrons. The molecular weight excluding hydrogens is 400 g/mol. The van der Waals surface area contributed by atoms with Crippen molar-refractivity contribution in [2.45, 2.75) is 13.1 Å². The number of nitrogens with one attached hydrogen (secondary N) is 1. The summed E-state index contributed by atoms with van der Waals surface area (Å²) >= 11 is 0. The van der Waals surface area contributed by atoms with Crippen LogP contribution in [0, 0.1) is 12.7 Å². The zero-order chi connectivity index (χ0) is 21.5. The predicted molar refractivity (Wildman–Crippen MR) is 103 cm³/mol. The van der Waals surface area contributed by atoms with Crippen LogP contribution in [0.4, 0.5) is 23.2 Å². The van der Waals surface area contributed by atoms with E-state index in [1.807, 2.05) is 0 Å². The van der Waals surface area contributed by atoms with E-state index in [4.69, 9.17) is 0 Å². The first-order valence-electron chi connectivity index (χ1n) is 8.83. The molecule has 0 unspecified atom stereocenters. The van der Waals surface area contributed by atoms with Gasteiger partial charge < -0.3 is 5.32 Å².